The molecular formula is C10H22N2OS. The molecule has 2 N–H and O–H groups in total. The third-order valence-electron chi connectivity index (χ3n) is 1.58. The van der Waals surface area contributed by atoms with Crippen molar-refractivity contribution in [2.75, 3.05) is 24.6 Å². The highest BCUT2D eigenvalue weighted by atomic mass is 32.2. The molecular weight excluding hydrogens is 196 g/mol. The van der Waals surface area contributed by atoms with Crippen LogP contribution in [-0.4, -0.2) is 36.5 Å². The van der Waals surface area contributed by atoms with E-state index in [1.165, 1.54) is 11.5 Å². The van der Waals surface area contributed by atoms with Gasteiger partial charge < -0.3 is 10.6 Å². The van der Waals surface area contributed by atoms with E-state index in [0.29, 0.717) is 6.54 Å². The molecule has 84 valence electrons. The van der Waals surface area contributed by atoms with Gasteiger partial charge in [-0.3, -0.25) is 4.79 Å². The molecule has 0 bridgehead atoms. The average Bonchev–Trinajstić information content (AvgIpc) is 2.10. The molecule has 0 aromatic rings. The van der Waals surface area contributed by atoms with Crippen LogP contribution in [-0.2, 0) is 4.79 Å². The fraction of sp³-hybridized carbons (Fsp3) is 0.900. The molecule has 0 unspecified atom stereocenters. The minimum absolute atomic E-state index is 0.0862. The van der Waals surface area contributed by atoms with E-state index in [-0.39, 0.29) is 11.9 Å². The lowest BCUT2D eigenvalue weighted by Gasteiger charge is -2.08. The Morgan fingerprint density at radius 2 is 2.14 bits per heavy atom. The van der Waals surface area contributed by atoms with Crippen LogP contribution in [0.25, 0.3) is 0 Å². The smallest absolute Gasteiger partial charge is 0.234 e. The minimum atomic E-state index is 0.0862. The Morgan fingerprint density at radius 1 is 1.43 bits per heavy atom. The summed E-state index contributed by atoms with van der Waals surface area (Å²) >= 11 is 1.94. The van der Waals surface area contributed by atoms with E-state index in [1.807, 2.05) is 25.6 Å². The van der Waals surface area contributed by atoms with Gasteiger partial charge in [-0.15, -0.1) is 0 Å². The largest absolute Gasteiger partial charge is 0.353 e. The molecule has 0 saturated carbocycles. The van der Waals surface area contributed by atoms with Crippen molar-refractivity contribution in [2.24, 2.45) is 0 Å². The maximum absolute atomic E-state index is 11.2. The van der Waals surface area contributed by atoms with Crippen molar-refractivity contribution in [2.45, 2.75) is 33.2 Å². The molecule has 0 saturated heterocycles. The van der Waals surface area contributed by atoms with E-state index in [4.69, 9.17) is 0 Å². The summed E-state index contributed by atoms with van der Waals surface area (Å²) < 4.78 is 0. The second kappa shape index (κ2) is 9.34. The van der Waals surface area contributed by atoms with Gasteiger partial charge in [0.15, 0.2) is 0 Å². The van der Waals surface area contributed by atoms with Gasteiger partial charge in [-0.1, -0.05) is 6.92 Å². The van der Waals surface area contributed by atoms with Crippen LogP contribution in [0.2, 0.25) is 0 Å². The van der Waals surface area contributed by atoms with Gasteiger partial charge in [-0.2, -0.15) is 11.8 Å². The number of carbonyl (C=O) groups is 1. The van der Waals surface area contributed by atoms with Gasteiger partial charge in [0.05, 0.1) is 6.54 Å². The van der Waals surface area contributed by atoms with Gasteiger partial charge in [-0.05, 0) is 38.3 Å². The van der Waals surface area contributed by atoms with Gasteiger partial charge in [0.2, 0.25) is 5.91 Å². The first-order chi connectivity index (χ1) is 6.66. The van der Waals surface area contributed by atoms with E-state index in [2.05, 4.69) is 17.6 Å². The Bertz CT molecular complexity index is 151. The summed E-state index contributed by atoms with van der Waals surface area (Å²) in [5.74, 6) is 2.44. The summed E-state index contributed by atoms with van der Waals surface area (Å²) in [5.41, 5.74) is 0. The number of hydrogen-bond acceptors (Lipinski definition) is 3. The predicted octanol–water partition coefficient (Wildman–Crippen LogP) is 1.24. The number of thioether (sulfide) groups is 1. The first kappa shape index (κ1) is 13.8. The van der Waals surface area contributed by atoms with Crippen LogP contribution in [0.15, 0.2) is 0 Å². The fourth-order valence-corrected chi connectivity index (χ4v) is 1.66. The normalized spacial score (nSPS) is 10.6. The number of rotatable bonds is 8. The molecule has 0 aliphatic carbocycles. The van der Waals surface area contributed by atoms with Crippen LogP contribution in [0.4, 0.5) is 0 Å². The second-order valence-corrected chi connectivity index (χ2v) is 4.84. The van der Waals surface area contributed by atoms with E-state index in [1.54, 1.807) is 0 Å². The number of nitrogens with one attached hydrogen (secondary N) is 2. The Labute approximate surface area is 91.4 Å². The number of amides is 1. The number of carbonyl (C=O) groups excluding carboxylic acids is 1. The molecule has 0 fully saturated rings. The molecule has 4 heteroatoms. The standard InChI is InChI=1S/C10H22N2OS/c1-4-14-7-5-6-11-8-10(13)12-9(2)3/h9,11H,4-8H2,1-3H3,(H,12,13). The molecule has 0 aliphatic rings. The summed E-state index contributed by atoms with van der Waals surface area (Å²) in [6, 6.07) is 0.236. The van der Waals surface area contributed by atoms with Gasteiger partial charge in [-0.25, -0.2) is 0 Å². The first-order valence-electron chi connectivity index (χ1n) is 5.24. The lowest BCUT2D eigenvalue weighted by molar-refractivity contribution is -0.120. The van der Waals surface area contributed by atoms with Crippen molar-refractivity contribution in [3.8, 4) is 0 Å². The van der Waals surface area contributed by atoms with Gasteiger partial charge >= 0.3 is 0 Å². The lowest BCUT2D eigenvalue weighted by Crippen LogP contribution is -2.38. The molecule has 0 aromatic carbocycles. The highest BCUT2D eigenvalue weighted by Gasteiger charge is 2.00. The van der Waals surface area contributed by atoms with Crippen molar-refractivity contribution in [3.63, 3.8) is 0 Å². The monoisotopic (exact) mass is 218 g/mol. The van der Waals surface area contributed by atoms with Gasteiger partial charge in [0, 0.05) is 6.04 Å². The van der Waals surface area contributed by atoms with Crippen LogP contribution in [0, 0.1) is 0 Å². The lowest BCUT2D eigenvalue weighted by atomic mass is 10.4. The fourth-order valence-electron chi connectivity index (χ4n) is 1.02. The second-order valence-electron chi connectivity index (χ2n) is 3.45. The zero-order valence-corrected chi connectivity index (χ0v) is 10.2. The van der Waals surface area contributed by atoms with Crippen LogP contribution < -0.4 is 10.6 Å². The van der Waals surface area contributed by atoms with Crippen molar-refractivity contribution in [1.29, 1.82) is 0 Å². The van der Waals surface area contributed by atoms with Gasteiger partial charge in [0.25, 0.3) is 0 Å². The number of hydrogen-bond donors (Lipinski definition) is 2. The van der Waals surface area contributed by atoms with Crippen LogP contribution >= 0.6 is 11.8 Å². The third kappa shape index (κ3) is 9.86. The summed E-state index contributed by atoms with van der Waals surface area (Å²) in [5, 5.41) is 5.96. The quantitative estimate of drug-likeness (QED) is 0.602. The summed E-state index contributed by atoms with van der Waals surface area (Å²) in [4.78, 5) is 11.2. The van der Waals surface area contributed by atoms with E-state index in [9.17, 15) is 4.79 Å². The van der Waals surface area contributed by atoms with E-state index < -0.39 is 0 Å². The van der Waals surface area contributed by atoms with Crippen molar-refractivity contribution in [3.05, 3.63) is 0 Å². The van der Waals surface area contributed by atoms with Crippen molar-refractivity contribution in [1.82, 2.24) is 10.6 Å². The van der Waals surface area contributed by atoms with Crippen LogP contribution in [0.5, 0.6) is 0 Å². The SMILES string of the molecule is CCSCCCNCC(=O)NC(C)C. The highest BCUT2D eigenvalue weighted by molar-refractivity contribution is 7.99. The average molecular weight is 218 g/mol. The molecule has 1 amide bonds. The van der Waals surface area contributed by atoms with E-state index in [0.717, 1.165) is 13.0 Å². The Hall–Kier alpha value is -0.220. The summed E-state index contributed by atoms with van der Waals surface area (Å²) in [6.45, 7) is 7.47. The molecule has 0 radical (unpaired) electrons. The topological polar surface area (TPSA) is 41.1 Å². The maximum Gasteiger partial charge on any atom is 0.234 e. The Balaban J connectivity index is 3.15. The maximum atomic E-state index is 11.2. The van der Waals surface area contributed by atoms with Crippen molar-refractivity contribution < 1.29 is 4.79 Å². The van der Waals surface area contributed by atoms with E-state index >= 15 is 0 Å². The zero-order chi connectivity index (χ0) is 10.8. The molecule has 14 heavy (non-hydrogen) atoms. The Morgan fingerprint density at radius 3 is 2.71 bits per heavy atom. The third-order valence-corrected chi connectivity index (χ3v) is 2.57. The molecule has 0 aliphatic heterocycles. The molecule has 0 rings (SSSR count). The highest BCUT2D eigenvalue weighted by Crippen LogP contribution is 1.99. The molecule has 0 heterocycles. The molecule has 3 nitrogen and oxygen atoms in total. The molecule has 0 aromatic heterocycles. The first-order valence-corrected chi connectivity index (χ1v) is 6.40. The summed E-state index contributed by atoms with van der Waals surface area (Å²) in [6.07, 6.45) is 1.13. The van der Waals surface area contributed by atoms with Crippen LogP contribution in [0.3, 0.4) is 0 Å². The predicted molar refractivity (Wildman–Crippen MR) is 63.8 cm³/mol. The Kier molecular flexibility index (Phi) is 9.19. The molecule has 0 atom stereocenters. The molecule has 0 spiro atoms. The van der Waals surface area contributed by atoms with Gasteiger partial charge in [0.1, 0.15) is 0 Å². The van der Waals surface area contributed by atoms with Crippen molar-refractivity contribution >= 4 is 17.7 Å². The minimum Gasteiger partial charge on any atom is -0.353 e. The van der Waals surface area contributed by atoms with Crippen LogP contribution in [0.1, 0.15) is 27.2 Å². The summed E-state index contributed by atoms with van der Waals surface area (Å²) in [7, 11) is 0. The zero-order valence-electron chi connectivity index (χ0n) is 9.43.